The van der Waals surface area contributed by atoms with Gasteiger partial charge in [0.05, 0.1) is 12.9 Å². The molecular formula is C26H33N3O2. The fraction of sp³-hybridized carbons (Fsp3) is 0.423. The van der Waals surface area contributed by atoms with Crippen molar-refractivity contribution in [3.8, 4) is 11.3 Å². The standard InChI is InChI=1S/C26H33N3O2/c1-30-17-15-28-13-9-23(10-14-28)20-29(19-22-7-11-27-12-8-22)21-24-4-2-5-25(18-24)26-6-3-16-31-26/h2-8,11-12,16,18,23H,9-10,13-15,17,19-21H2,1H3. The van der Waals surface area contributed by atoms with E-state index in [-0.39, 0.29) is 0 Å². The summed E-state index contributed by atoms with van der Waals surface area (Å²) in [6, 6.07) is 16.9. The molecule has 0 saturated carbocycles. The lowest BCUT2D eigenvalue weighted by Crippen LogP contribution is -2.39. The van der Waals surface area contributed by atoms with Crippen LogP contribution in [0.5, 0.6) is 0 Å². The van der Waals surface area contributed by atoms with Crippen molar-refractivity contribution in [1.82, 2.24) is 14.8 Å². The van der Waals surface area contributed by atoms with Crippen molar-refractivity contribution in [2.45, 2.75) is 25.9 Å². The average Bonchev–Trinajstić information content (AvgIpc) is 3.35. The van der Waals surface area contributed by atoms with Crippen molar-refractivity contribution < 1.29 is 9.15 Å². The largest absolute Gasteiger partial charge is 0.464 e. The molecule has 0 radical (unpaired) electrons. The van der Waals surface area contributed by atoms with Crippen LogP contribution in [0.25, 0.3) is 11.3 Å². The summed E-state index contributed by atoms with van der Waals surface area (Å²) in [5.41, 5.74) is 3.77. The van der Waals surface area contributed by atoms with E-state index in [4.69, 9.17) is 9.15 Å². The molecule has 4 rings (SSSR count). The molecule has 3 aromatic rings. The lowest BCUT2D eigenvalue weighted by atomic mass is 9.95. The van der Waals surface area contributed by atoms with Crippen LogP contribution in [0.2, 0.25) is 0 Å². The summed E-state index contributed by atoms with van der Waals surface area (Å²) in [7, 11) is 1.78. The lowest BCUT2D eigenvalue weighted by molar-refractivity contribution is 0.104. The van der Waals surface area contributed by atoms with Gasteiger partial charge in [-0.3, -0.25) is 9.88 Å². The van der Waals surface area contributed by atoms with E-state index in [0.717, 1.165) is 50.0 Å². The fourth-order valence-electron chi connectivity index (χ4n) is 4.43. The molecule has 164 valence electrons. The number of hydrogen-bond acceptors (Lipinski definition) is 5. The van der Waals surface area contributed by atoms with Gasteiger partial charge in [-0.2, -0.15) is 0 Å². The van der Waals surface area contributed by atoms with Crippen molar-refractivity contribution in [1.29, 1.82) is 0 Å². The number of likely N-dealkylation sites (tertiary alicyclic amines) is 1. The number of methoxy groups -OCH3 is 1. The van der Waals surface area contributed by atoms with Gasteiger partial charge in [-0.05, 0) is 73.3 Å². The molecule has 0 N–H and O–H groups in total. The number of benzene rings is 1. The van der Waals surface area contributed by atoms with Gasteiger partial charge in [0.1, 0.15) is 5.76 Å². The molecule has 0 aliphatic carbocycles. The highest BCUT2D eigenvalue weighted by Gasteiger charge is 2.21. The molecule has 0 spiro atoms. The molecule has 1 saturated heterocycles. The molecule has 0 atom stereocenters. The van der Waals surface area contributed by atoms with Gasteiger partial charge in [0.25, 0.3) is 0 Å². The number of rotatable bonds is 10. The van der Waals surface area contributed by atoms with Crippen molar-refractivity contribution in [3.05, 3.63) is 78.3 Å². The Labute approximate surface area is 185 Å². The Morgan fingerprint density at radius 2 is 1.84 bits per heavy atom. The Hall–Kier alpha value is -2.47. The second kappa shape index (κ2) is 11.2. The minimum Gasteiger partial charge on any atom is -0.464 e. The predicted molar refractivity (Wildman–Crippen MR) is 124 cm³/mol. The van der Waals surface area contributed by atoms with Crippen LogP contribution in [-0.2, 0) is 17.8 Å². The van der Waals surface area contributed by atoms with E-state index in [2.05, 4.69) is 51.2 Å². The Morgan fingerprint density at radius 1 is 1.03 bits per heavy atom. The zero-order valence-electron chi connectivity index (χ0n) is 18.5. The van der Waals surface area contributed by atoms with Crippen molar-refractivity contribution in [2.24, 2.45) is 5.92 Å². The molecule has 1 aliphatic rings. The Balaban J connectivity index is 1.42. The van der Waals surface area contributed by atoms with Crippen LogP contribution in [0.4, 0.5) is 0 Å². The zero-order chi connectivity index (χ0) is 21.3. The first-order valence-corrected chi connectivity index (χ1v) is 11.3. The van der Waals surface area contributed by atoms with E-state index in [0.29, 0.717) is 0 Å². The van der Waals surface area contributed by atoms with Crippen LogP contribution in [-0.4, -0.2) is 54.7 Å². The van der Waals surface area contributed by atoms with Gasteiger partial charge in [-0.1, -0.05) is 18.2 Å². The van der Waals surface area contributed by atoms with Gasteiger partial charge in [-0.15, -0.1) is 0 Å². The first-order chi connectivity index (χ1) is 15.3. The smallest absolute Gasteiger partial charge is 0.133 e. The fourth-order valence-corrected chi connectivity index (χ4v) is 4.43. The summed E-state index contributed by atoms with van der Waals surface area (Å²) in [5.74, 6) is 1.65. The number of piperidine rings is 1. The maximum atomic E-state index is 5.60. The first-order valence-electron chi connectivity index (χ1n) is 11.3. The maximum Gasteiger partial charge on any atom is 0.133 e. The average molecular weight is 420 g/mol. The first kappa shape index (κ1) is 21.8. The third kappa shape index (κ3) is 6.50. The number of pyridine rings is 1. The van der Waals surface area contributed by atoms with Crippen LogP contribution in [0.15, 0.2) is 71.6 Å². The lowest BCUT2D eigenvalue weighted by Gasteiger charge is -2.35. The topological polar surface area (TPSA) is 41.7 Å². The van der Waals surface area contributed by atoms with E-state index in [9.17, 15) is 0 Å². The quantitative estimate of drug-likeness (QED) is 0.476. The van der Waals surface area contributed by atoms with Crippen LogP contribution in [0.3, 0.4) is 0 Å². The van der Waals surface area contributed by atoms with Gasteiger partial charge in [0.15, 0.2) is 0 Å². The van der Waals surface area contributed by atoms with Gasteiger partial charge in [0, 0.05) is 51.2 Å². The number of aromatic nitrogens is 1. The molecule has 31 heavy (non-hydrogen) atoms. The second-order valence-corrected chi connectivity index (χ2v) is 8.48. The molecule has 0 unspecified atom stereocenters. The summed E-state index contributed by atoms with van der Waals surface area (Å²) in [4.78, 5) is 9.30. The highest BCUT2D eigenvalue weighted by atomic mass is 16.5. The molecule has 1 fully saturated rings. The number of hydrogen-bond donors (Lipinski definition) is 0. The number of ether oxygens (including phenoxy) is 1. The molecule has 1 aliphatic heterocycles. The molecule has 5 nitrogen and oxygen atoms in total. The van der Waals surface area contributed by atoms with Gasteiger partial charge >= 0.3 is 0 Å². The summed E-state index contributed by atoms with van der Waals surface area (Å²) >= 11 is 0. The van der Waals surface area contributed by atoms with E-state index in [1.807, 2.05) is 24.5 Å². The number of nitrogens with zero attached hydrogens (tertiary/aromatic N) is 3. The van der Waals surface area contributed by atoms with Crippen molar-refractivity contribution >= 4 is 0 Å². The van der Waals surface area contributed by atoms with E-state index in [1.165, 1.54) is 37.1 Å². The summed E-state index contributed by atoms with van der Waals surface area (Å²) < 4.78 is 10.8. The number of furan rings is 1. The van der Waals surface area contributed by atoms with Gasteiger partial charge < -0.3 is 14.1 Å². The molecule has 0 amide bonds. The monoisotopic (exact) mass is 419 g/mol. The second-order valence-electron chi connectivity index (χ2n) is 8.48. The normalized spacial score (nSPS) is 15.5. The van der Waals surface area contributed by atoms with Gasteiger partial charge in [0.2, 0.25) is 0 Å². The predicted octanol–water partition coefficient (Wildman–Crippen LogP) is 4.70. The summed E-state index contributed by atoms with van der Waals surface area (Å²) in [5, 5.41) is 0. The third-order valence-electron chi connectivity index (χ3n) is 6.13. The zero-order valence-corrected chi connectivity index (χ0v) is 18.5. The van der Waals surface area contributed by atoms with Crippen molar-refractivity contribution in [2.75, 3.05) is 39.9 Å². The minimum absolute atomic E-state index is 0.730. The summed E-state index contributed by atoms with van der Waals surface area (Å²) in [6.45, 7) is 7.20. The van der Waals surface area contributed by atoms with Crippen LogP contribution in [0, 0.1) is 5.92 Å². The summed E-state index contributed by atoms with van der Waals surface area (Å²) in [6.07, 6.45) is 8.02. The SMILES string of the molecule is COCCN1CCC(CN(Cc2ccncc2)Cc2cccc(-c3ccco3)c2)CC1. The Bertz CT molecular complexity index is 890. The molecular weight excluding hydrogens is 386 g/mol. The van der Waals surface area contributed by atoms with E-state index >= 15 is 0 Å². The molecule has 3 heterocycles. The van der Waals surface area contributed by atoms with Gasteiger partial charge in [-0.25, -0.2) is 0 Å². The Kier molecular flexibility index (Phi) is 7.88. The molecule has 2 aromatic heterocycles. The highest BCUT2D eigenvalue weighted by molar-refractivity contribution is 5.58. The maximum absolute atomic E-state index is 5.60. The van der Waals surface area contributed by atoms with E-state index < -0.39 is 0 Å². The molecule has 0 bridgehead atoms. The van der Waals surface area contributed by atoms with Crippen LogP contribution >= 0.6 is 0 Å². The Morgan fingerprint density at radius 3 is 2.58 bits per heavy atom. The van der Waals surface area contributed by atoms with Crippen molar-refractivity contribution in [3.63, 3.8) is 0 Å². The van der Waals surface area contributed by atoms with Crippen LogP contribution < -0.4 is 0 Å². The molecule has 1 aromatic carbocycles. The van der Waals surface area contributed by atoms with E-state index in [1.54, 1.807) is 13.4 Å². The van der Waals surface area contributed by atoms with Crippen LogP contribution in [0.1, 0.15) is 24.0 Å². The minimum atomic E-state index is 0.730. The molecule has 5 heteroatoms. The third-order valence-corrected chi connectivity index (χ3v) is 6.13. The highest BCUT2D eigenvalue weighted by Crippen LogP contribution is 2.24.